The number of aryl methyl sites for hydroxylation is 1. The Morgan fingerprint density at radius 1 is 1.59 bits per heavy atom. The number of anilines is 1. The zero-order valence-corrected chi connectivity index (χ0v) is 12.0. The fraction of sp³-hybridized carbons (Fsp3) is 0.615. The lowest BCUT2D eigenvalue weighted by atomic mass is 10.1. The van der Waals surface area contributed by atoms with E-state index in [9.17, 15) is 0 Å². The van der Waals surface area contributed by atoms with Crippen molar-refractivity contribution in [3.05, 3.63) is 22.3 Å². The lowest BCUT2D eigenvalue weighted by molar-refractivity contribution is 0.117. The molecule has 0 bridgehead atoms. The van der Waals surface area contributed by atoms with Crippen LogP contribution >= 0.6 is 15.9 Å². The summed E-state index contributed by atoms with van der Waals surface area (Å²) in [6.07, 6.45) is 3.09. The van der Waals surface area contributed by atoms with Gasteiger partial charge in [-0.05, 0) is 47.8 Å². The maximum absolute atomic E-state index is 5.49. The molecule has 0 aromatic carbocycles. The second-order valence-electron chi connectivity index (χ2n) is 4.55. The normalized spacial score (nSPS) is 19.9. The van der Waals surface area contributed by atoms with Crippen LogP contribution in [0.4, 0.5) is 5.82 Å². The summed E-state index contributed by atoms with van der Waals surface area (Å²) in [5.41, 5.74) is 1.24. The molecule has 94 valence electrons. The van der Waals surface area contributed by atoms with E-state index in [1.165, 1.54) is 12.0 Å². The standard InChI is InChI=1S/C13H19BrN2O/c1-3-17-9-11-4-5-16(8-11)13-6-10(2)12(14)7-15-13/h6-7,11H,3-5,8-9H2,1-2H3/t11-/m1/s1. The van der Waals surface area contributed by atoms with E-state index in [1.54, 1.807) is 0 Å². The van der Waals surface area contributed by atoms with E-state index in [0.717, 1.165) is 36.6 Å². The van der Waals surface area contributed by atoms with E-state index >= 15 is 0 Å². The van der Waals surface area contributed by atoms with Crippen LogP contribution in [0.25, 0.3) is 0 Å². The molecule has 0 radical (unpaired) electrons. The van der Waals surface area contributed by atoms with Gasteiger partial charge in [0.1, 0.15) is 5.82 Å². The first-order valence-corrected chi connectivity index (χ1v) is 6.95. The van der Waals surface area contributed by atoms with Gasteiger partial charge in [-0.3, -0.25) is 0 Å². The molecule has 2 rings (SSSR count). The second-order valence-corrected chi connectivity index (χ2v) is 5.41. The summed E-state index contributed by atoms with van der Waals surface area (Å²) in [4.78, 5) is 6.82. The maximum Gasteiger partial charge on any atom is 0.128 e. The summed E-state index contributed by atoms with van der Waals surface area (Å²) in [6, 6.07) is 2.15. The van der Waals surface area contributed by atoms with Crippen molar-refractivity contribution in [1.29, 1.82) is 0 Å². The van der Waals surface area contributed by atoms with Crippen LogP contribution < -0.4 is 4.90 Å². The lowest BCUT2D eigenvalue weighted by Crippen LogP contribution is -2.22. The Kier molecular flexibility index (Phi) is 4.40. The molecule has 2 heterocycles. The minimum absolute atomic E-state index is 0.653. The summed E-state index contributed by atoms with van der Waals surface area (Å²) in [7, 11) is 0. The van der Waals surface area contributed by atoms with Gasteiger partial charge < -0.3 is 9.64 Å². The molecule has 0 saturated carbocycles. The van der Waals surface area contributed by atoms with Gasteiger partial charge in [-0.2, -0.15) is 0 Å². The SMILES string of the molecule is CCOC[C@@H]1CCN(c2cc(C)c(Br)cn2)C1. The fourth-order valence-electron chi connectivity index (χ4n) is 2.16. The Morgan fingerprint density at radius 2 is 2.41 bits per heavy atom. The van der Waals surface area contributed by atoms with Crippen molar-refractivity contribution in [3.63, 3.8) is 0 Å². The minimum Gasteiger partial charge on any atom is -0.381 e. The number of aromatic nitrogens is 1. The Morgan fingerprint density at radius 3 is 3.12 bits per heavy atom. The molecule has 0 aliphatic carbocycles. The van der Waals surface area contributed by atoms with Gasteiger partial charge in [-0.1, -0.05) is 0 Å². The Balaban J connectivity index is 1.97. The molecule has 1 saturated heterocycles. The molecular weight excluding hydrogens is 280 g/mol. The van der Waals surface area contributed by atoms with Crippen molar-refractivity contribution in [2.45, 2.75) is 20.3 Å². The van der Waals surface area contributed by atoms with E-state index in [1.807, 2.05) is 13.1 Å². The molecule has 1 aliphatic rings. The lowest BCUT2D eigenvalue weighted by Gasteiger charge is -2.18. The average molecular weight is 299 g/mol. The Bertz CT molecular complexity index is 384. The number of halogens is 1. The van der Waals surface area contributed by atoms with Crippen LogP contribution in [0.1, 0.15) is 18.9 Å². The monoisotopic (exact) mass is 298 g/mol. The van der Waals surface area contributed by atoms with E-state index in [4.69, 9.17) is 4.74 Å². The highest BCUT2D eigenvalue weighted by Gasteiger charge is 2.23. The molecule has 0 N–H and O–H groups in total. The van der Waals surface area contributed by atoms with E-state index < -0.39 is 0 Å². The van der Waals surface area contributed by atoms with Crippen LogP contribution in [-0.2, 0) is 4.74 Å². The third-order valence-electron chi connectivity index (χ3n) is 3.20. The quantitative estimate of drug-likeness (QED) is 0.854. The van der Waals surface area contributed by atoms with Crippen molar-refractivity contribution < 1.29 is 4.74 Å². The van der Waals surface area contributed by atoms with Crippen LogP contribution in [0.5, 0.6) is 0 Å². The van der Waals surface area contributed by atoms with Gasteiger partial charge in [-0.25, -0.2) is 4.98 Å². The summed E-state index contributed by atoms with van der Waals surface area (Å²) in [5, 5.41) is 0. The van der Waals surface area contributed by atoms with Gasteiger partial charge in [-0.15, -0.1) is 0 Å². The molecule has 1 aromatic rings. The molecule has 0 unspecified atom stereocenters. The van der Waals surface area contributed by atoms with Gasteiger partial charge in [0.15, 0.2) is 0 Å². The van der Waals surface area contributed by atoms with Crippen molar-refractivity contribution in [2.75, 3.05) is 31.2 Å². The molecule has 1 aromatic heterocycles. The van der Waals surface area contributed by atoms with Crippen LogP contribution in [0, 0.1) is 12.8 Å². The average Bonchev–Trinajstić information content (AvgIpc) is 2.79. The van der Waals surface area contributed by atoms with Gasteiger partial charge in [0.2, 0.25) is 0 Å². The van der Waals surface area contributed by atoms with Gasteiger partial charge in [0, 0.05) is 36.3 Å². The largest absolute Gasteiger partial charge is 0.381 e. The van der Waals surface area contributed by atoms with E-state index in [2.05, 4.69) is 38.8 Å². The molecule has 3 nitrogen and oxygen atoms in total. The maximum atomic E-state index is 5.49. The summed E-state index contributed by atoms with van der Waals surface area (Å²) < 4.78 is 6.57. The number of nitrogens with zero attached hydrogens (tertiary/aromatic N) is 2. The number of hydrogen-bond donors (Lipinski definition) is 0. The van der Waals surface area contributed by atoms with Crippen molar-refractivity contribution in [3.8, 4) is 0 Å². The fourth-order valence-corrected chi connectivity index (χ4v) is 2.38. The zero-order valence-electron chi connectivity index (χ0n) is 10.4. The zero-order chi connectivity index (χ0) is 12.3. The van der Waals surface area contributed by atoms with Crippen LogP contribution in [0.2, 0.25) is 0 Å². The van der Waals surface area contributed by atoms with Gasteiger partial charge >= 0.3 is 0 Å². The molecule has 1 fully saturated rings. The highest BCUT2D eigenvalue weighted by atomic mass is 79.9. The molecule has 0 spiro atoms. The molecule has 1 atom stereocenters. The second kappa shape index (κ2) is 5.83. The topological polar surface area (TPSA) is 25.4 Å². The first kappa shape index (κ1) is 12.8. The number of ether oxygens (including phenoxy) is 1. The molecule has 4 heteroatoms. The Labute approximate surface area is 111 Å². The smallest absolute Gasteiger partial charge is 0.128 e. The predicted octanol–water partition coefficient (Wildman–Crippen LogP) is 3.02. The van der Waals surface area contributed by atoms with Crippen LogP contribution in [0.15, 0.2) is 16.7 Å². The van der Waals surface area contributed by atoms with Crippen molar-refractivity contribution in [1.82, 2.24) is 4.98 Å². The van der Waals surface area contributed by atoms with Crippen LogP contribution in [-0.4, -0.2) is 31.3 Å². The third-order valence-corrected chi connectivity index (χ3v) is 4.03. The van der Waals surface area contributed by atoms with E-state index in [-0.39, 0.29) is 0 Å². The summed E-state index contributed by atoms with van der Waals surface area (Å²) in [6.45, 7) is 7.99. The first-order chi connectivity index (χ1) is 8.20. The summed E-state index contributed by atoms with van der Waals surface area (Å²) in [5.74, 6) is 1.74. The minimum atomic E-state index is 0.653. The highest BCUT2D eigenvalue weighted by Crippen LogP contribution is 2.25. The predicted molar refractivity (Wildman–Crippen MR) is 73.5 cm³/mol. The molecule has 0 amide bonds. The molecule has 17 heavy (non-hydrogen) atoms. The molecule has 1 aliphatic heterocycles. The van der Waals surface area contributed by atoms with Crippen LogP contribution in [0.3, 0.4) is 0 Å². The number of pyridine rings is 1. The number of rotatable bonds is 4. The Hall–Kier alpha value is -0.610. The summed E-state index contributed by atoms with van der Waals surface area (Å²) >= 11 is 3.48. The van der Waals surface area contributed by atoms with Gasteiger partial charge in [0.25, 0.3) is 0 Å². The van der Waals surface area contributed by atoms with Crippen molar-refractivity contribution in [2.24, 2.45) is 5.92 Å². The number of hydrogen-bond acceptors (Lipinski definition) is 3. The highest BCUT2D eigenvalue weighted by molar-refractivity contribution is 9.10. The van der Waals surface area contributed by atoms with Gasteiger partial charge in [0.05, 0.1) is 6.61 Å². The third kappa shape index (κ3) is 3.19. The first-order valence-electron chi connectivity index (χ1n) is 6.15. The van der Waals surface area contributed by atoms with E-state index in [0.29, 0.717) is 5.92 Å². The van der Waals surface area contributed by atoms with Crippen molar-refractivity contribution >= 4 is 21.7 Å². The molecular formula is C13H19BrN2O.